The molecule has 124 valence electrons. The van der Waals surface area contributed by atoms with E-state index in [2.05, 4.69) is 4.98 Å². The number of aromatic nitrogens is 1. The number of carbonyl (C=O) groups excluding carboxylic acids is 3. The van der Waals surface area contributed by atoms with Crippen LogP contribution in [0.3, 0.4) is 0 Å². The quantitative estimate of drug-likeness (QED) is 0.666. The topological polar surface area (TPSA) is 70.6 Å². The van der Waals surface area contributed by atoms with Gasteiger partial charge in [-0.1, -0.05) is 23.5 Å². The first-order valence-corrected chi connectivity index (χ1v) is 8.39. The van der Waals surface area contributed by atoms with Crippen LogP contribution in [0.1, 0.15) is 31.1 Å². The van der Waals surface area contributed by atoms with E-state index in [1.54, 1.807) is 56.6 Å². The van der Waals surface area contributed by atoms with Gasteiger partial charge in [0.15, 0.2) is 0 Å². The van der Waals surface area contributed by atoms with Gasteiger partial charge in [0.2, 0.25) is 5.13 Å². The Hall–Kier alpha value is -3.06. The molecule has 0 spiro atoms. The molecule has 0 fully saturated rings. The van der Waals surface area contributed by atoms with Crippen LogP contribution in [-0.4, -0.2) is 41.7 Å². The molecule has 3 aromatic rings. The van der Waals surface area contributed by atoms with Crippen molar-refractivity contribution in [3.05, 3.63) is 59.2 Å². The van der Waals surface area contributed by atoms with Crippen LogP contribution in [0.2, 0.25) is 0 Å². The Morgan fingerprint density at radius 1 is 1.04 bits per heavy atom. The Balaban J connectivity index is 1.77. The molecule has 0 radical (unpaired) electrons. The number of anilines is 1. The average Bonchev–Trinajstić information content (AvgIpc) is 3.13. The van der Waals surface area contributed by atoms with Crippen LogP contribution in [0.4, 0.5) is 5.13 Å². The van der Waals surface area contributed by atoms with Crippen molar-refractivity contribution in [1.82, 2.24) is 9.88 Å². The van der Waals surface area contributed by atoms with E-state index < -0.39 is 0 Å². The van der Waals surface area contributed by atoms with Crippen LogP contribution < -0.4 is 4.90 Å². The first-order chi connectivity index (χ1) is 12.0. The van der Waals surface area contributed by atoms with Gasteiger partial charge in [0.05, 0.1) is 21.3 Å². The van der Waals surface area contributed by atoms with E-state index in [0.29, 0.717) is 27.3 Å². The number of nitrogens with zero attached hydrogens (tertiary/aromatic N) is 3. The molecule has 4 rings (SSSR count). The predicted molar refractivity (Wildman–Crippen MR) is 95.2 cm³/mol. The number of hydrogen-bond donors (Lipinski definition) is 0. The fraction of sp³-hybridized carbons (Fsp3) is 0.111. The van der Waals surface area contributed by atoms with Crippen LogP contribution in [0.5, 0.6) is 0 Å². The van der Waals surface area contributed by atoms with Gasteiger partial charge in [-0.3, -0.25) is 14.4 Å². The van der Waals surface area contributed by atoms with Crippen molar-refractivity contribution in [3.8, 4) is 0 Å². The first-order valence-electron chi connectivity index (χ1n) is 7.57. The van der Waals surface area contributed by atoms with Crippen molar-refractivity contribution < 1.29 is 14.4 Å². The molecule has 7 heteroatoms. The Morgan fingerprint density at radius 3 is 2.28 bits per heavy atom. The molecule has 0 N–H and O–H groups in total. The van der Waals surface area contributed by atoms with Crippen molar-refractivity contribution >= 4 is 44.4 Å². The monoisotopic (exact) mass is 351 g/mol. The van der Waals surface area contributed by atoms with E-state index in [1.807, 2.05) is 0 Å². The molecule has 1 aliphatic rings. The molecule has 2 aromatic carbocycles. The molecule has 2 heterocycles. The van der Waals surface area contributed by atoms with Crippen LogP contribution >= 0.6 is 11.3 Å². The fourth-order valence-corrected chi connectivity index (χ4v) is 3.76. The highest BCUT2D eigenvalue weighted by Gasteiger charge is 2.38. The van der Waals surface area contributed by atoms with E-state index >= 15 is 0 Å². The normalized spacial score (nSPS) is 13.4. The largest absolute Gasteiger partial charge is 0.345 e. The van der Waals surface area contributed by atoms with Crippen molar-refractivity contribution in [2.75, 3.05) is 19.0 Å². The third-order valence-corrected chi connectivity index (χ3v) is 5.02. The smallest absolute Gasteiger partial charge is 0.268 e. The predicted octanol–water partition coefficient (Wildman–Crippen LogP) is 2.80. The van der Waals surface area contributed by atoms with Gasteiger partial charge in [-0.05, 0) is 30.3 Å². The number of carbonyl (C=O) groups is 3. The Bertz CT molecular complexity index is 1020. The standard InChI is InChI=1S/C18H13N3O3S/c1-20(2)15(22)10-7-8-13-14(9-10)25-18(19-13)21-16(23)11-5-3-4-6-12(11)17(21)24/h3-9H,1-2H3. The third-order valence-electron chi connectivity index (χ3n) is 4.02. The van der Waals surface area contributed by atoms with Crippen molar-refractivity contribution in [2.24, 2.45) is 0 Å². The van der Waals surface area contributed by atoms with Crippen LogP contribution in [-0.2, 0) is 0 Å². The summed E-state index contributed by atoms with van der Waals surface area (Å²) in [5, 5.41) is 0.315. The molecule has 6 nitrogen and oxygen atoms in total. The number of imide groups is 1. The molecule has 3 amide bonds. The summed E-state index contributed by atoms with van der Waals surface area (Å²) in [6, 6.07) is 11.9. The summed E-state index contributed by atoms with van der Waals surface area (Å²) in [5.41, 5.74) is 1.95. The molecule has 0 aliphatic carbocycles. The Morgan fingerprint density at radius 2 is 1.68 bits per heavy atom. The second-order valence-corrected chi connectivity index (χ2v) is 6.88. The molecule has 0 unspecified atom stereocenters. The zero-order valence-electron chi connectivity index (χ0n) is 13.5. The number of benzene rings is 2. The number of hydrogen-bond acceptors (Lipinski definition) is 5. The summed E-state index contributed by atoms with van der Waals surface area (Å²) >= 11 is 1.22. The second-order valence-electron chi connectivity index (χ2n) is 5.87. The lowest BCUT2D eigenvalue weighted by Gasteiger charge is -2.09. The SMILES string of the molecule is CN(C)C(=O)c1ccc2nc(N3C(=O)c4ccccc4C3=O)sc2c1. The third kappa shape index (κ3) is 2.32. The highest BCUT2D eigenvalue weighted by molar-refractivity contribution is 7.22. The fourth-order valence-electron chi connectivity index (χ4n) is 2.76. The van der Waals surface area contributed by atoms with Crippen molar-refractivity contribution in [2.45, 2.75) is 0 Å². The average molecular weight is 351 g/mol. The van der Waals surface area contributed by atoms with Gasteiger partial charge >= 0.3 is 0 Å². The maximum atomic E-state index is 12.6. The minimum atomic E-state index is -0.371. The molecular weight excluding hydrogens is 338 g/mol. The molecule has 0 atom stereocenters. The van der Waals surface area contributed by atoms with Crippen LogP contribution in [0.15, 0.2) is 42.5 Å². The summed E-state index contributed by atoms with van der Waals surface area (Å²) in [6.07, 6.45) is 0. The van der Waals surface area contributed by atoms with Crippen LogP contribution in [0, 0.1) is 0 Å². The van der Waals surface area contributed by atoms with E-state index in [4.69, 9.17) is 0 Å². The summed E-state index contributed by atoms with van der Waals surface area (Å²) in [5.74, 6) is -0.855. The molecule has 0 saturated carbocycles. The van der Waals surface area contributed by atoms with Gasteiger partial charge in [0, 0.05) is 19.7 Å². The lowest BCUT2D eigenvalue weighted by molar-refractivity contribution is 0.0826. The second kappa shape index (κ2) is 5.49. The van der Waals surface area contributed by atoms with Gasteiger partial charge in [0.25, 0.3) is 17.7 Å². The summed E-state index contributed by atoms with van der Waals surface area (Å²) in [7, 11) is 3.37. The lowest BCUT2D eigenvalue weighted by Crippen LogP contribution is -2.29. The minimum absolute atomic E-state index is 0.113. The molecule has 1 aromatic heterocycles. The number of fused-ring (bicyclic) bond motifs is 2. The Labute approximate surface area is 147 Å². The summed E-state index contributed by atoms with van der Waals surface area (Å²) in [6.45, 7) is 0. The number of thiazole rings is 1. The van der Waals surface area contributed by atoms with E-state index in [0.717, 1.165) is 9.60 Å². The van der Waals surface area contributed by atoms with E-state index in [9.17, 15) is 14.4 Å². The van der Waals surface area contributed by atoms with Gasteiger partial charge < -0.3 is 4.90 Å². The maximum Gasteiger partial charge on any atom is 0.268 e. The van der Waals surface area contributed by atoms with Crippen molar-refractivity contribution in [1.29, 1.82) is 0 Å². The molecule has 25 heavy (non-hydrogen) atoms. The molecular formula is C18H13N3O3S. The minimum Gasteiger partial charge on any atom is -0.345 e. The Kier molecular flexibility index (Phi) is 3.40. The van der Waals surface area contributed by atoms with Crippen LogP contribution in [0.25, 0.3) is 10.2 Å². The van der Waals surface area contributed by atoms with E-state index in [1.165, 1.54) is 16.2 Å². The number of rotatable bonds is 2. The van der Waals surface area contributed by atoms with Gasteiger partial charge in [-0.2, -0.15) is 0 Å². The van der Waals surface area contributed by atoms with Gasteiger partial charge in [0.1, 0.15) is 0 Å². The van der Waals surface area contributed by atoms with Gasteiger partial charge in [-0.15, -0.1) is 0 Å². The highest BCUT2D eigenvalue weighted by Crippen LogP contribution is 2.34. The zero-order chi connectivity index (χ0) is 17.7. The lowest BCUT2D eigenvalue weighted by atomic mass is 10.1. The molecule has 0 bridgehead atoms. The van der Waals surface area contributed by atoms with E-state index in [-0.39, 0.29) is 17.7 Å². The maximum absolute atomic E-state index is 12.6. The summed E-state index contributed by atoms with van der Waals surface area (Å²) < 4.78 is 0.749. The summed E-state index contributed by atoms with van der Waals surface area (Å²) in [4.78, 5) is 44.2. The van der Waals surface area contributed by atoms with Gasteiger partial charge in [-0.25, -0.2) is 9.88 Å². The molecule has 0 saturated heterocycles. The first kappa shape index (κ1) is 15.5. The number of amides is 3. The van der Waals surface area contributed by atoms with Crippen molar-refractivity contribution in [3.63, 3.8) is 0 Å². The zero-order valence-corrected chi connectivity index (χ0v) is 14.3. The molecule has 1 aliphatic heterocycles. The highest BCUT2D eigenvalue weighted by atomic mass is 32.1.